The molecule has 0 atom stereocenters. The zero-order valence-corrected chi connectivity index (χ0v) is 7.78. The molecule has 0 aromatic rings. The van der Waals surface area contributed by atoms with Crippen LogP contribution in [0, 0.1) is 0 Å². The van der Waals surface area contributed by atoms with E-state index in [9.17, 15) is 0 Å². The Labute approximate surface area is 72.8 Å². The van der Waals surface area contributed by atoms with Crippen LogP contribution in [-0.2, 0) is 0 Å². The highest BCUT2D eigenvalue weighted by Crippen LogP contribution is 2.00. The van der Waals surface area contributed by atoms with Crippen molar-refractivity contribution in [3.63, 3.8) is 0 Å². The van der Waals surface area contributed by atoms with E-state index < -0.39 is 0 Å². The summed E-state index contributed by atoms with van der Waals surface area (Å²) >= 11 is 10.2. The van der Waals surface area contributed by atoms with E-state index in [0.717, 1.165) is 5.03 Å². The van der Waals surface area contributed by atoms with Gasteiger partial charge >= 0.3 is 0 Å². The van der Waals surface area contributed by atoms with Gasteiger partial charge in [0.05, 0.1) is 0 Å². The van der Waals surface area contributed by atoms with Crippen LogP contribution in [0.5, 0.6) is 0 Å². The maximum Gasteiger partial charge on any atom is 0.0363 e. The minimum Gasteiger partial charge on any atom is -0.130 e. The van der Waals surface area contributed by atoms with Gasteiger partial charge in [0, 0.05) is 11.4 Å². The molecule has 0 fully saturated rings. The Hall–Kier alpha value is -0.200. The summed E-state index contributed by atoms with van der Waals surface area (Å²) in [7, 11) is 0. The van der Waals surface area contributed by atoms with Crippen molar-refractivity contribution < 1.29 is 0 Å². The van der Waals surface area contributed by atoms with E-state index in [1.54, 1.807) is 18.2 Å². The highest BCUT2D eigenvalue weighted by Gasteiger charge is 1.74. The number of rotatable bonds is 2. The fourth-order valence-corrected chi connectivity index (χ4v) is 0.329. The number of hydrogen-bond donors (Lipinski definition) is 0. The highest BCUT2D eigenvalue weighted by molar-refractivity contribution is 6.31. The van der Waals surface area contributed by atoms with Gasteiger partial charge in [0.1, 0.15) is 0 Å². The summed E-state index contributed by atoms with van der Waals surface area (Å²) in [6.45, 7) is 5.38. The number of alkyl halides is 1. The fraction of sp³-hybridized carbons (Fsp3) is 0.250. The van der Waals surface area contributed by atoms with Gasteiger partial charge in [-0.05, 0) is 13.0 Å². The minimum atomic E-state index is 0.741. The summed E-state index contributed by atoms with van der Waals surface area (Å²) in [5.41, 5.74) is 0. The molecule has 0 aliphatic rings. The molecule has 0 nitrogen and oxygen atoms in total. The van der Waals surface area contributed by atoms with Crippen LogP contribution < -0.4 is 0 Å². The Morgan fingerprint density at radius 1 is 1.40 bits per heavy atom. The molecule has 0 saturated heterocycles. The molecule has 0 saturated carbocycles. The van der Waals surface area contributed by atoms with Gasteiger partial charge in [-0.2, -0.15) is 0 Å². The summed E-state index contributed by atoms with van der Waals surface area (Å²) in [4.78, 5) is 0. The molecule has 0 aliphatic heterocycles. The van der Waals surface area contributed by atoms with Crippen molar-refractivity contribution in [2.45, 2.75) is 6.92 Å². The predicted octanol–water partition coefficient (Wildman–Crippen LogP) is 3.73. The van der Waals surface area contributed by atoms with Gasteiger partial charge in [0.2, 0.25) is 0 Å². The SMILES string of the molecule is C=C/C=C\C(Cl)=C/C.CCl. The molecular formula is C8H12Cl2. The van der Waals surface area contributed by atoms with Crippen LogP contribution in [0.15, 0.2) is 35.9 Å². The third kappa shape index (κ3) is 10.7. The molecule has 0 aliphatic carbocycles. The van der Waals surface area contributed by atoms with Crippen LogP contribution in [-0.4, -0.2) is 6.38 Å². The molecular weight excluding hydrogens is 167 g/mol. The second kappa shape index (κ2) is 11.6. The number of hydrogen-bond acceptors (Lipinski definition) is 0. The van der Waals surface area contributed by atoms with Gasteiger partial charge in [-0.25, -0.2) is 0 Å². The second-order valence-electron chi connectivity index (χ2n) is 1.27. The van der Waals surface area contributed by atoms with Gasteiger partial charge in [-0.3, -0.25) is 0 Å². The molecule has 0 unspecified atom stereocenters. The highest BCUT2D eigenvalue weighted by atomic mass is 35.5. The Kier molecular flexibility index (Phi) is 14.4. The molecule has 58 valence electrons. The summed E-state index contributed by atoms with van der Waals surface area (Å²) in [6, 6.07) is 0. The van der Waals surface area contributed by atoms with Crippen LogP contribution in [0.4, 0.5) is 0 Å². The maximum absolute atomic E-state index is 5.57. The van der Waals surface area contributed by atoms with Gasteiger partial charge in [-0.1, -0.05) is 36.4 Å². The third-order valence-electron chi connectivity index (χ3n) is 0.667. The summed E-state index contributed by atoms with van der Waals surface area (Å²) in [6.07, 6.45) is 8.56. The van der Waals surface area contributed by atoms with Crippen LogP contribution in [0.2, 0.25) is 0 Å². The zero-order valence-electron chi connectivity index (χ0n) is 6.27. The first-order chi connectivity index (χ1) is 4.81. The van der Waals surface area contributed by atoms with Crippen LogP contribution in [0.3, 0.4) is 0 Å². The minimum absolute atomic E-state index is 0.741. The van der Waals surface area contributed by atoms with Crippen molar-refractivity contribution in [2.75, 3.05) is 6.38 Å². The second-order valence-corrected chi connectivity index (χ2v) is 1.70. The first-order valence-corrected chi connectivity index (χ1v) is 3.93. The zero-order chi connectivity index (χ0) is 8.41. The lowest BCUT2D eigenvalue weighted by atomic mass is 10.4. The summed E-state index contributed by atoms with van der Waals surface area (Å²) in [5.74, 6) is 0. The maximum atomic E-state index is 5.57. The first-order valence-electron chi connectivity index (χ1n) is 2.80. The van der Waals surface area contributed by atoms with E-state index in [-0.39, 0.29) is 0 Å². The van der Waals surface area contributed by atoms with Gasteiger partial charge in [0.25, 0.3) is 0 Å². The van der Waals surface area contributed by atoms with Crippen molar-refractivity contribution >= 4 is 23.2 Å². The lowest BCUT2D eigenvalue weighted by Gasteiger charge is -1.79. The lowest BCUT2D eigenvalue weighted by molar-refractivity contribution is 1.70. The number of halogens is 2. The summed E-state index contributed by atoms with van der Waals surface area (Å²) < 4.78 is 0. The normalized spacial score (nSPS) is 10.6. The molecule has 2 heteroatoms. The molecule has 0 heterocycles. The largest absolute Gasteiger partial charge is 0.130 e. The lowest BCUT2D eigenvalue weighted by Crippen LogP contribution is -1.56. The Morgan fingerprint density at radius 2 is 1.90 bits per heavy atom. The molecule has 0 aromatic heterocycles. The van der Waals surface area contributed by atoms with Crippen molar-refractivity contribution in [2.24, 2.45) is 0 Å². The Morgan fingerprint density at radius 3 is 2.20 bits per heavy atom. The van der Waals surface area contributed by atoms with Crippen LogP contribution in [0.1, 0.15) is 6.92 Å². The van der Waals surface area contributed by atoms with Gasteiger partial charge in [-0.15, -0.1) is 11.6 Å². The Bertz CT molecular complexity index is 123. The fourth-order valence-electron chi connectivity index (χ4n) is 0.256. The summed E-state index contributed by atoms with van der Waals surface area (Å²) in [5, 5.41) is 0.741. The van der Waals surface area contributed by atoms with Gasteiger partial charge in [0.15, 0.2) is 0 Å². The smallest absolute Gasteiger partial charge is 0.0363 e. The van der Waals surface area contributed by atoms with Crippen molar-refractivity contribution in [1.82, 2.24) is 0 Å². The predicted molar refractivity (Wildman–Crippen MR) is 50.7 cm³/mol. The monoisotopic (exact) mass is 178 g/mol. The van der Waals surface area contributed by atoms with E-state index >= 15 is 0 Å². The average molecular weight is 179 g/mol. The van der Waals surface area contributed by atoms with Crippen LogP contribution in [0.25, 0.3) is 0 Å². The molecule has 0 aromatic carbocycles. The van der Waals surface area contributed by atoms with E-state index in [2.05, 4.69) is 18.2 Å². The van der Waals surface area contributed by atoms with E-state index in [1.165, 1.54) is 6.38 Å². The van der Waals surface area contributed by atoms with Crippen LogP contribution >= 0.6 is 23.2 Å². The Balaban J connectivity index is 0. The molecule has 0 amide bonds. The van der Waals surface area contributed by atoms with E-state index in [4.69, 9.17) is 11.6 Å². The third-order valence-corrected chi connectivity index (χ3v) is 1.01. The van der Waals surface area contributed by atoms with Crippen molar-refractivity contribution in [3.05, 3.63) is 35.9 Å². The van der Waals surface area contributed by atoms with E-state index in [1.807, 2.05) is 13.0 Å². The first kappa shape index (κ1) is 12.5. The van der Waals surface area contributed by atoms with Crippen molar-refractivity contribution in [3.8, 4) is 0 Å². The molecule has 0 radical (unpaired) electrons. The molecule has 0 N–H and O–H groups in total. The standard InChI is InChI=1S/C7H9Cl.CH3Cl/c1-3-5-6-7(8)4-2;1-2/h3-6H,1H2,2H3;1H3/b6-5-,7-4+;. The van der Waals surface area contributed by atoms with Crippen molar-refractivity contribution in [1.29, 1.82) is 0 Å². The molecule has 0 bridgehead atoms. The average Bonchev–Trinajstić information content (AvgIpc) is 2.04. The van der Waals surface area contributed by atoms with Gasteiger partial charge < -0.3 is 0 Å². The molecule has 0 spiro atoms. The quantitative estimate of drug-likeness (QED) is 0.447. The molecule has 10 heavy (non-hydrogen) atoms. The number of allylic oxidation sites excluding steroid dienone is 5. The van der Waals surface area contributed by atoms with E-state index in [0.29, 0.717) is 0 Å². The topological polar surface area (TPSA) is 0 Å². The molecule has 0 rings (SSSR count).